The third-order valence-corrected chi connectivity index (χ3v) is 6.42. The molecule has 0 radical (unpaired) electrons. The smallest absolute Gasteiger partial charge is 0.239 e. The van der Waals surface area contributed by atoms with Crippen LogP contribution in [0, 0.1) is 12.8 Å². The first-order chi connectivity index (χ1) is 15.8. The number of hydrogen-bond donors (Lipinski definition) is 2. The van der Waals surface area contributed by atoms with Gasteiger partial charge in [-0.15, -0.1) is 0 Å². The van der Waals surface area contributed by atoms with Gasteiger partial charge >= 0.3 is 0 Å². The molecule has 176 valence electrons. The molecule has 1 fully saturated rings. The number of carbonyl (C=O) groups is 1. The first-order valence-corrected chi connectivity index (χ1v) is 11.6. The van der Waals surface area contributed by atoms with E-state index in [2.05, 4.69) is 45.3 Å². The predicted molar refractivity (Wildman–Crippen MR) is 132 cm³/mol. The van der Waals surface area contributed by atoms with Crippen molar-refractivity contribution in [2.24, 2.45) is 16.6 Å². The van der Waals surface area contributed by atoms with Crippen LogP contribution in [-0.4, -0.2) is 60.6 Å². The van der Waals surface area contributed by atoms with Crippen molar-refractivity contribution in [3.8, 4) is 0 Å². The molecule has 3 N–H and O–H groups in total. The molecular formula is C25H34N6O2. The SMILES string of the molecule is COC1=NCC(c2cc(C)c3ncnc(N4CCCC(CNC(=O)C(C)(C)N)C4)c3c2)=CC1. The molecule has 1 saturated heterocycles. The van der Waals surface area contributed by atoms with E-state index in [4.69, 9.17) is 15.5 Å². The molecule has 0 spiro atoms. The molecule has 1 unspecified atom stereocenters. The second-order valence-electron chi connectivity index (χ2n) is 9.62. The minimum atomic E-state index is -0.868. The van der Waals surface area contributed by atoms with Crippen molar-refractivity contribution >= 4 is 34.1 Å². The Balaban J connectivity index is 1.58. The van der Waals surface area contributed by atoms with Crippen molar-refractivity contribution in [3.63, 3.8) is 0 Å². The third-order valence-electron chi connectivity index (χ3n) is 6.42. The van der Waals surface area contributed by atoms with Gasteiger partial charge in [0.05, 0.1) is 24.7 Å². The number of aliphatic imine (C=N–C) groups is 1. The van der Waals surface area contributed by atoms with Crippen LogP contribution in [0.1, 0.15) is 44.2 Å². The molecule has 1 atom stereocenters. The fourth-order valence-corrected chi connectivity index (χ4v) is 4.53. The molecule has 3 heterocycles. The summed E-state index contributed by atoms with van der Waals surface area (Å²) >= 11 is 0. The maximum Gasteiger partial charge on any atom is 0.239 e. The highest BCUT2D eigenvalue weighted by Gasteiger charge is 2.26. The van der Waals surface area contributed by atoms with Crippen molar-refractivity contribution in [1.29, 1.82) is 0 Å². The summed E-state index contributed by atoms with van der Waals surface area (Å²) in [5, 5.41) is 4.08. The van der Waals surface area contributed by atoms with E-state index in [-0.39, 0.29) is 5.91 Å². The van der Waals surface area contributed by atoms with Gasteiger partial charge in [0.1, 0.15) is 12.1 Å². The normalized spacial score (nSPS) is 19.2. The third kappa shape index (κ3) is 5.16. The van der Waals surface area contributed by atoms with Crippen LogP contribution in [0.5, 0.6) is 0 Å². The number of nitrogens with one attached hydrogen (secondary N) is 1. The van der Waals surface area contributed by atoms with Crippen LogP contribution in [-0.2, 0) is 9.53 Å². The van der Waals surface area contributed by atoms with E-state index in [1.54, 1.807) is 27.3 Å². The van der Waals surface area contributed by atoms with E-state index in [1.807, 2.05) is 0 Å². The first kappa shape index (κ1) is 23.2. The minimum Gasteiger partial charge on any atom is -0.484 e. The van der Waals surface area contributed by atoms with Crippen LogP contribution in [0.3, 0.4) is 0 Å². The van der Waals surface area contributed by atoms with Crippen LogP contribution in [0.15, 0.2) is 29.5 Å². The van der Waals surface area contributed by atoms with Gasteiger partial charge in [-0.1, -0.05) is 6.08 Å². The number of benzene rings is 1. The largest absolute Gasteiger partial charge is 0.484 e. The van der Waals surface area contributed by atoms with Crippen molar-refractivity contribution in [2.75, 3.05) is 38.2 Å². The summed E-state index contributed by atoms with van der Waals surface area (Å²) in [6, 6.07) is 4.38. The minimum absolute atomic E-state index is 0.118. The lowest BCUT2D eigenvalue weighted by Gasteiger charge is -2.34. The van der Waals surface area contributed by atoms with Crippen molar-refractivity contribution in [3.05, 3.63) is 35.7 Å². The van der Waals surface area contributed by atoms with Crippen molar-refractivity contribution in [2.45, 2.75) is 45.6 Å². The number of rotatable bonds is 5. The molecule has 4 rings (SSSR count). The summed E-state index contributed by atoms with van der Waals surface area (Å²) < 4.78 is 5.28. The van der Waals surface area contributed by atoms with Gasteiger partial charge in [0, 0.05) is 31.4 Å². The number of nitrogens with zero attached hydrogens (tertiary/aromatic N) is 4. The summed E-state index contributed by atoms with van der Waals surface area (Å²) in [6.45, 7) is 8.56. The zero-order valence-electron chi connectivity index (χ0n) is 20.0. The van der Waals surface area contributed by atoms with Gasteiger partial charge in [-0.3, -0.25) is 9.79 Å². The van der Waals surface area contributed by atoms with E-state index in [0.29, 0.717) is 25.4 Å². The number of fused-ring (bicyclic) bond motifs is 1. The lowest BCUT2D eigenvalue weighted by Crippen LogP contribution is -2.51. The maximum atomic E-state index is 12.2. The van der Waals surface area contributed by atoms with E-state index in [9.17, 15) is 4.79 Å². The number of piperidine rings is 1. The van der Waals surface area contributed by atoms with Gasteiger partial charge < -0.3 is 20.7 Å². The van der Waals surface area contributed by atoms with Gasteiger partial charge in [-0.2, -0.15) is 0 Å². The number of carbonyl (C=O) groups excluding carboxylic acids is 1. The lowest BCUT2D eigenvalue weighted by molar-refractivity contribution is -0.125. The second-order valence-corrected chi connectivity index (χ2v) is 9.62. The number of methoxy groups -OCH3 is 1. The monoisotopic (exact) mass is 450 g/mol. The summed E-state index contributed by atoms with van der Waals surface area (Å²) in [5.41, 5.74) is 9.50. The Kier molecular flexibility index (Phi) is 6.65. The van der Waals surface area contributed by atoms with Gasteiger partial charge in [0.25, 0.3) is 0 Å². The zero-order chi connectivity index (χ0) is 23.6. The number of hydrogen-bond acceptors (Lipinski definition) is 7. The van der Waals surface area contributed by atoms with Crippen LogP contribution < -0.4 is 16.0 Å². The number of dihydropyridines is 1. The van der Waals surface area contributed by atoms with E-state index in [0.717, 1.165) is 59.7 Å². The lowest BCUT2D eigenvalue weighted by atomic mass is 9.95. The summed E-state index contributed by atoms with van der Waals surface area (Å²) in [5.74, 6) is 1.96. The molecule has 1 amide bonds. The average Bonchev–Trinajstić information content (AvgIpc) is 2.81. The maximum absolute atomic E-state index is 12.2. The fraction of sp³-hybridized carbons (Fsp3) is 0.520. The molecule has 1 aromatic heterocycles. The number of nitrogens with two attached hydrogens (primary N) is 1. The van der Waals surface area contributed by atoms with Crippen LogP contribution in [0.2, 0.25) is 0 Å². The van der Waals surface area contributed by atoms with Crippen LogP contribution in [0.25, 0.3) is 16.5 Å². The van der Waals surface area contributed by atoms with Gasteiger partial charge in [-0.25, -0.2) is 9.97 Å². The molecule has 2 aromatic rings. The molecular weight excluding hydrogens is 416 g/mol. The van der Waals surface area contributed by atoms with Gasteiger partial charge in [0.15, 0.2) is 5.90 Å². The van der Waals surface area contributed by atoms with Crippen LogP contribution >= 0.6 is 0 Å². The Morgan fingerprint density at radius 3 is 2.85 bits per heavy atom. The highest BCUT2D eigenvalue weighted by atomic mass is 16.5. The Bertz CT molecular complexity index is 1100. The Morgan fingerprint density at radius 1 is 1.33 bits per heavy atom. The molecule has 0 saturated carbocycles. The Labute approximate surface area is 195 Å². The molecule has 33 heavy (non-hydrogen) atoms. The highest BCUT2D eigenvalue weighted by molar-refractivity contribution is 5.95. The molecule has 2 aliphatic heterocycles. The summed E-state index contributed by atoms with van der Waals surface area (Å²) in [7, 11) is 1.66. The quantitative estimate of drug-likeness (QED) is 0.726. The van der Waals surface area contributed by atoms with Crippen LogP contribution in [0.4, 0.5) is 5.82 Å². The standard InChI is InChI=1S/C25H34N6O2/c1-16-10-19(18-7-8-21(33-4)27-13-18)11-20-22(16)29-15-30-23(20)31-9-5-6-17(14-31)12-28-24(32)25(2,3)26/h7,10-11,15,17H,5-6,8-9,12-14,26H2,1-4H3,(H,28,32). The molecule has 8 heteroatoms. The van der Waals surface area contributed by atoms with E-state index in [1.165, 1.54) is 5.57 Å². The summed E-state index contributed by atoms with van der Waals surface area (Å²) in [4.78, 5) is 28.3. The molecule has 0 bridgehead atoms. The molecule has 8 nitrogen and oxygen atoms in total. The topological polar surface area (TPSA) is 106 Å². The van der Waals surface area contributed by atoms with Crippen molar-refractivity contribution in [1.82, 2.24) is 15.3 Å². The fourth-order valence-electron chi connectivity index (χ4n) is 4.53. The first-order valence-electron chi connectivity index (χ1n) is 11.6. The zero-order valence-corrected chi connectivity index (χ0v) is 20.0. The van der Waals surface area contributed by atoms with Gasteiger partial charge in [0.2, 0.25) is 5.91 Å². The molecule has 2 aliphatic rings. The number of ether oxygens (including phenoxy) is 1. The Hall–Kier alpha value is -3.00. The number of aryl methyl sites for hydroxylation is 1. The van der Waals surface area contributed by atoms with E-state index < -0.39 is 5.54 Å². The van der Waals surface area contributed by atoms with Gasteiger partial charge in [-0.05, 0) is 68.4 Å². The molecule has 1 aromatic carbocycles. The number of amides is 1. The Morgan fingerprint density at radius 2 is 2.15 bits per heavy atom. The van der Waals surface area contributed by atoms with E-state index >= 15 is 0 Å². The number of anilines is 1. The average molecular weight is 451 g/mol. The molecule has 0 aliphatic carbocycles. The second kappa shape index (κ2) is 9.47. The summed E-state index contributed by atoms with van der Waals surface area (Å²) in [6.07, 6.45) is 6.68. The highest BCUT2D eigenvalue weighted by Crippen LogP contribution is 2.32. The van der Waals surface area contributed by atoms with Crippen molar-refractivity contribution < 1.29 is 9.53 Å². The number of aromatic nitrogens is 2. The predicted octanol–water partition coefficient (Wildman–Crippen LogP) is 2.84.